The Morgan fingerprint density at radius 2 is 1.61 bits per heavy atom. The largest absolute Gasteiger partial charge is 0.370 e. The Hall–Kier alpha value is -3.48. The van der Waals surface area contributed by atoms with Gasteiger partial charge in [0, 0.05) is 37.5 Å². The highest BCUT2D eigenvalue weighted by molar-refractivity contribution is 5.95. The minimum Gasteiger partial charge on any atom is -0.370 e. The predicted octanol–water partition coefficient (Wildman–Crippen LogP) is 4.29. The minimum atomic E-state index is -0.574. The second-order valence-corrected chi connectivity index (χ2v) is 11.4. The van der Waals surface area contributed by atoms with Crippen molar-refractivity contribution in [3.05, 3.63) is 70.8 Å². The molecule has 1 spiro atoms. The van der Waals surface area contributed by atoms with E-state index in [4.69, 9.17) is 11.1 Å². The Morgan fingerprint density at radius 1 is 0.947 bits per heavy atom. The maximum absolute atomic E-state index is 13.9. The number of hydrogen-bond acceptors (Lipinski definition) is 4. The SMILES string of the molecule is CC(=O)c1ccc(CC(=O)[C@@H]2c3ccccc3CCN2C(=O)C2CCC3(CC2)CCN(C(=N)N)CC3)cc1. The molecule has 1 saturated heterocycles. The van der Waals surface area contributed by atoms with Gasteiger partial charge in [-0.05, 0) is 74.0 Å². The lowest BCUT2D eigenvalue weighted by molar-refractivity contribution is -0.145. The van der Waals surface area contributed by atoms with Gasteiger partial charge in [-0.2, -0.15) is 0 Å². The average molecular weight is 515 g/mol. The van der Waals surface area contributed by atoms with E-state index in [9.17, 15) is 14.4 Å². The summed E-state index contributed by atoms with van der Waals surface area (Å²) in [5, 5.41) is 7.71. The molecule has 7 nitrogen and oxygen atoms in total. The fourth-order valence-corrected chi connectivity index (χ4v) is 6.74. The summed E-state index contributed by atoms with van der Waals surface area (Å²) in [6.07, 6.45) is 6.76. The van der Waals surface area contributed by atoms with Gasteiger partial charge in [0.15, 0.2) is 17.5 Å². The zero-order valence-electron chi connectivity index (χ0n) is 22.2. The molecule has 0 unspecified atom stereocenters. The lowest BCUT2D eigenvalue weighted by atomic mass is 9.65. The fourth-order valence-electron chi connectivity index (χ4n) is 6.74. The topological polar surface area (TPSA) is 108 Å². The number of ketones is 2. The molecule has 0 radical (unpaired) electrons. The van der Waals surface area contributed by atoms with Crippen LogP contribution in [-0.4, -0.2) is 52.9 Å². The van der Waals surface area contributed by atoms with Gasteiger partial charge in [-0.25, -0.2) is 0 Å². The molecular formula is C31H38N4O3. The van der Waals surface area contributed by atoms with Crippen LogP contribution in [0, 0.1) is 16.7 Å². The summed E-state index contributed by atoms with van der Waals surface area (Å²) in [6, 6.07) is 14.6. The number of fused-ring (bicyclic) bond motifs is 1. The van der Waals surface area contributed by atoms with Crippen LogP contribution in [-0.2, 0) is 22.4 Å². The normalized spacial score (nSPS) is 21.1. The maximum atomic E-state index is 13.9. The molecule has 38 heavy (non-hydrogen) atoms. The van der Waals surface area contributed by atoms with Crippen LogP contribution in [0.1, 0.15) is 78.5 Å². The Bertz CT molecular complexity index is 1220. The molecule has 200 valence electrons. The highest BCUT2D eigenvalue weighted by atomic mass is 16.2. The number of piperidine rings is 1. The number of amides is 1. The van der Waals surface area contributed by atoms with Gasteiger partial charge in [-0.15, -0.1) is 0 Å². The highest BCUT2D eigenvalue weighted by Crippen LogP contribution is 2.47. The molecular weight excluding hydrogens is 476 g/mol. The number of likely N-dealkylation sites (tertiary alicyclic amines) is 1. The van der Waals surface area contributed by atoms with Gasteiger partial charge in [0.05, 0.1) is 0 Å². The van der Waals surface area contributed by atoms with Crippen LogP contribution in [0.15, 0.2) is 48.5 Å². The molecule has 1 saturated carbocycles. The number of carbonyl (C=O) groups is 3. The monoisotopic (exact) mass is 514 g/mol. The molecule has 2 fully saturated rings. The lowest BCUT2D eigenvalue weighted by Crippen LogP contribution is -2.49. The molecule has 2 heterocycles. The number of nitrogens with two attached hydrogens (primary N) is 1. The lowest BCUT2D eigenvalue weighted by Gasteiger charge is -2.47. The number of guanidine groups is 1. The van der Waals surface area contributed by atoms with Crippen molar-refractivity contribution >= 4 is 23.4 Å². The van der Waals surface area contributed by atoms with Crippen molar-refractivity contribution < 1.29 is 14.4 Å². The Kier molecular flexibility index (Phi) is 7.37. The van der Waals surface area contributed by atoms with Crippen LogP contribution in [0.5, 0.6) is 0 Å². The van der Waals surface area contributed by atoms with E-state index in [1.54, 1.807) is 12.1 Å². The molecule has 3 N–H and O–H groups in total. The summed E-state index contributed by atoms with van der Waals surface area (Å²) in [7, 11) is 0. The Morgan fingerprint density at radius 3 is 2.24 bits per heavy atom. The number of nitrogens with one attached hydrogen (secondary N) is 1. The van der Waals surface area contributed by atoms with Crippen LogP contribution in [0.4, 0.5) is 0 Å². The van der Waals surface area contributed by atoms with Crippen molar-refractivity contribution in [2.45, 2.75) is 64.3 Å². The third kappa shape index (κ3) is 5.24. The van der Waals surface area contributed by atoms with Crippen molar-refractivity contribution in [3.8, 4) is 0 Å². The van der Waals surface area contributed by atoms with Gasteiger partial charge in [-0.1, -0.05) is 48.5 Å². The van der Waals surface area contributed by atoms with E-state index in [2.05, 4.69) is 6.07 Å². The molecule has 0 bridgehead atoms. The summed E-state index contributed by atoms with van der Waals surface area (Å²) >= 11 is 0. The van der Waals surface area contributed by atoms with Crippen molar-refractivity contribution in [3.63, 3.8) is 0 Å². The summed E-state index contributed by atoms with van der Waals surface area (Å²) < 4.78 is 0. The van der Waals surface area contributed by atoms with E-state index >= 15 is 0 Å². The van der Waals surface area contributed by atoms with E-state index in [1.165, 1.54) is 6.92 Å². The first-order valence-electron chi connectivity index (χ1n) is 13.9. The van der Waals surface area contributed by atoms with Crippen LogP contribution in [0.25, 0.3) is 0 Å². The molecule has 1 aliphatic carbocycles. The number of Topliss-reactive ketones (excluding diaryl/α,β-unsaturated/α-hetero) is 2. The van der Waals surface area contributed by atoms with Gasteiger partial charge in [0.25, 0.3) is 0 Å². The highest BCUT2D eigenvalue weighted by Gasteiger charge is 2.43. The molecule has 5 rings (SSSR count). The Labute approximate surface area is 224 Å². The molecule has 2 aromatic carbocycles. The van der Waals surface area contributed by atoms with E-state index in [1.807, 2.05) is 40.1 Å². The standard InChI is InChI=1S/C31H38N4O3/c1-21(36)23-8-6-22(7-9-23)20-27(37)28-26-5-3-2-4-24(26)12-17-35(28)29(38)25-10-13-31(14-11-25)15-18-34(19-16-31)30(32)33/h2-9,25,28H,10-20H2,1H3,(H3,32,33)/t28-/m0/s1. The van der Waals surface area contributed by atoms with Gasteiger partial charge in [0.1, 0.15) is 6.04 Å². The molecule has 0 aromatic heterocycles. The number of benzene rings is 2. The summed E-state index contributed by atoms with van der Waals surface area (Å²) in [5.41, 5.74) is 9.50. The summed E-state index contributed by atoms with van der Waals surface area (Å²) in [5.74, 6) is 0.228. The van der Waals surface area contributed by atoms with Crippen molar-refractivity contribution in [1.82, 2.24) is 9.80 Å². The van der Waals surface area contributed by atoms with Gasteiger partial charge in [-0.3, -0.25) is 19.8 Å². The van der Waals surface area contributed by atoms with Crippen LogP contribution in [0.3, 0.4) is 0 Å². The predicted molar refractivity (Wildman–Crippen MR) is 147 cm³/mol. The second-order valence-electron chi connectivity index (χ2n) is 11.4. The minimum absolute atomic E-state index is 0.000441. The first-order valence-corrected chi connectivity index (χ1v) is 13.9. The third-order valence-electron chi connectivity index (χ3n) is 9.17. The van der Waals surface area contributed by atoms with E-state index < -0.39 is 6.04 Å². The third-order valence-corrected chi connectivity index (χ3v) is 9.17. The number of hydrogen-bond donors (Lipinski definition) is 2. The van der Waals surface area contributed by atoms with E-state index in [0.717, 1.165) is 74.7 Å². The zero-order valence-corrected chi connectivity index (χ0v) is 22.2. The number of nitrogens with zero attached hydrogens (tertiary/aromatic N) is 2. The zero-order chi connectivity index (χ0) is 26.9. The molecule has 7 heteroatoms. The van der Waals surface area contributed by atoms with Crippen LogP contribution < -0.4 is 5.73 Å². The quantitative estimate of drug-likeness (QED) is 0.352. The van der Waals surface area contributed by atoms with Crippen molar-refractivity contribution in [2.75, 3.05) is 19.6 Å². The van der Waals surface area contributed by atoms with Crippen molar-refractivity contribution in [1.29, 1.82) is 5.41 Å². The average Bonchev–Trinajstić information content (AvgIpc) is 2.93. The van der Waals surface area contributed by atoms with Crippen LogP contribution in [0.2, 0.25) is 0 Å². The van der Waals surface area contributed by atoms with Gasteiger partial charge in [0.2, 0.25) is 5.91 Å². The summed E-state index contributed by atoms with van der Waals surface area (Å²) in [6.45, 7) is 3.73. The molecule has 2 aromatic rings. The first-order chi connectivity index (χ1) is 18.3. The van der Waals surface area contributed by atoms with Gasteiger partial charge >= 0.3 is 0 Å². The molecule has 3 aliphatic rings. The smallest absolute Gasteiger partial charge is 0.226 e. The van der Waals surface area contributed by atoms with Crippen LogP contribution >= 0.6 is 0 Å². The maximum Gasteiger partial charge on any atom is 0.226 e. The Balaban J connectivity index is 1.30. The molecule has 2 aliphatic heterocycles. The number of rotatable bonds is 5. The summed E-state index contributed by atoms with van der Waals surface area (Å²) in [4.78, 5) is 43.2. The number of carbonyl (C=O) groups excluding carboxylic acids is 3. The fraction of sp³-hybridized carbons (Fsp3) is 0.484. The second kappa shape index (κ2) is 10.7. The molecule has 1 amide bonds. The van der Waals surface area contributed by atoms with E-state index in [-0.39, 0.29) is 41.2 Å². The van der Waals surface area contributed by atoms with E-state index in [0.29, 0.717) is 12.1 Å². The first kappa shape index (κ1) is 26.1. The van der Waals surface area contributed by atoms with Gasteiger partial charge < -0.3 is 15.5 Å². The molecule has 1 atom stereocenters. The van der Waals surface area contributed by atoms with Crippen molar-refractivity contribution in [2.24, 2.45) is 17.1 Å².